The summed E-state index contributed by atoms with van der Waals surface area (Å²) in [5, 5.41) is 9.60. The fourth-order valence-electron chi connectivity index (χ4n) is 4.07. The van der Waals surface area contributed by atoms with Crippen molar-refractivity contribution in [2.75, 3.05) is 20.3 Å². The van der Waals surface area contributed by atoms with E-state index in [1.807, 2.05) is 6.92 Å². The Morgan fingerprint density at radius 1 is 1.29 bits per heavy atom. The van der Waals surface area contributed by atoms with Gasteiger partial charge in [-0.1, -0.05) is 6.42 Å². The number of hydrogen-bond acceptors (Lipinski definition) is 4. The maximum atomic E-state index is 12.9. The van der Waals surface area contributed by atoms with E-state index < -0.39 is 12.0 Å². The van der Waals surface area contributed by atoms with Crippen molar-refractivity contribution in [2.24, 2.45) is 11.8 Å². The Morgan fingerprint density at radius 2 is 2.08 bits per heavy atom. The second-order valence-electron chi connectivity index (χ2n) is 6.39. The Labute approximate surface area is 141 Å². The SMILES string of the molecule is CCOc1ccc(C(=O)N2CC3CCCC3C2C(=O)O)cc1OC. The summed E-state index contributed by atoms with van der Waals surface area (Å²) in [7, 11) is 1.52. The van der Waals surface area contributed by atoms with E-state index in [-0.39, 0.29) is 11.8 Å². The van der Waals surface area contributed by atoms with Crippen molar-refractivity contribution in [3.63, 3.8) is 0 Å². The van der Waals surface area contributed by atoms with Gasteiger partial charge in [-0.3, -0.25) is 4.79 Å². The van der Waals surface area contributed by atoms with Crippen molar-refractivity contribution in [1.29, 1.82) is 0 Å². The molecule has 0 spiro atoms. The molecule has 1 saturated carbocycles. The lowest BCUT2D eigenvalue weighted by atomic mass is 9.94. The fraction of sp³-hybridized carbons (Fsp3) is 0.556. The number of fused-ring (bicyclic) bond motifs is 1. The van der Waals surface area contributed by atoms with Gasteiger partial charge in [-0.25, -0.2) is 4.79 Å². The zero-order valence-corrected chi connectivity index (χ0v) is 14.0. The van der Waals surface area contributed by atoms with Crippen molar-refractivity contribution in [1.82, 2.24) is 4.90 Å². The largest absolute Gasteiger partial charge is 0.493 e. The minimum atomic E-state index is -0.907. The third-order valence-corrected chi connectivity index (χ3v) is 5.11. The van der Waals surface area contributed by atoms with E-state index in [1.165, 1.54) is 12.0 Å². The standard InChI is InChI=1S/C18H23NO5/c1-3-24-14-8-7-11(9-15(14)23-2)17(20)19-10-12-5-4-6-13(12)16(19)18(21)22/h7-9,12-13,16H,3-6,10H2,1-2H3,(H,21,22). The Kier molecular flexibility index (Phi) is 4.64. The van der Waals surface area contributed by atoms with Gasteiger partial charge in [-0.05, 0) is 49.8 Å². The molecule has 130 valence electrons. The van der Waals surface area contributed by atoms with Crippen LogP contribution in [0.15, 0.2) is 18.2 Å². The number of benzene rings is 1. The predicted octanol–water partition coefficient (Wildman–Crippen LogP) is 2.42. The highest BCUT2D eigenvalue weighted by Crippen LogP contribution is 2.43. The Bertz CT molecular complexity index is 644. The summed E-state index contributed by atoms with van der Waals surface area (Å²) < 4.78 is 10.8. The fourth-order valence-corrected chi connectivity index (χ4v) is 4.07. The first-order valence-electron chi connectivity index (χ1n) is 8.41. The molecule has 3 atom stereocenters. The number of carboxylic acid groups (broad SMARTS) is 1. The highest BCUT2D eigenvalue weighted by Gasteiger charge is 2.49. The number of likely N-dealkylation sites (tertiary alicyclic amines) is 1. The molecule has 1 N–H and O–H groups in total. The molecule has 6 heteroatoms. The van der Waals surface area contributed by atoms with E-state index in [2.05, 4.69) is 0 Å². The molecule has 1 aliphatic carbocycles. The second kappa shape index (κ2) is 6.71. The van der Waals surface area contributed by atoms with Gasteiger partial charge in [-0.2, -0.15) is 0 Å². The minimum Gasteiger partial charge on any atom is -0.493 e. The number of carboxylic acids is 1. The molecule has 24 heavy (non-hydrogen) atoms. The van der Waals surface area contributed by atoms with E-state index >= 15 is 0 Å². The van der Waals surface area contributed by atoms with Gasteiger partial charge in [-0.15, -0.1) is 0 Å². The van der Waals surface area contributed by atoms with Crippen LogP contribution in [0.25, 0.3) is 0 Å². The van der Waals surface area contributed by atoms with Gasteiger partial charge >= 0.3 is 5.97 Å². The first kappa shape index (κ1) is 16.6. The molecule has 1 heterocycles. The van der Waals surface area contributed by atoms with E-state index in [1.54, 1.807) is 18.2 Å². The summed E-state index contributed by atoms with van der Waals surface area (Å²) in [5.41, 5.74) is 0.432. The zero-order valence-electron chi connectivity index (χ0n) is 14.0. The smallest absolute Gasteiger partial charge is 0.326 e. The molecule has 1 aromatic rings. The molecular weight excluding hydrogens is 310 g/mol. The lowest BCUT2D eigenvalue weighted by Crippen LogP contribution is -2.43. The van der Waals surface area contributed by atoms with Gasteiger partial charge in [0.2, 0.25) is 0 Å². The normalized spacial score (nSPS) is 25.4. The third-order valence-electron chi connectivity index (χ3n) is 5.11. The van der Waals surface area contributed by atoms with Crippen LogP contribution < -0.4 is 9.47 Å². The summed E-state index contributed by atoms with van der Waals surface area (Å²) in [6.45, 7) is 2.90. The Morgan fingerprint density at radius 3 is 2.75 bits per heavy atom. The molecular formula is C18H23NO5. The summed E-state index contributed by atoms with van der Waals surface area (Å²) in [5.74, 6) is 0.281. The number of aliphatic carboxylic acids is 1. The van der Waals surface area contributed by atoms with Gasteiger partial charge in [0, 0.05) is 12.1 Å². The van der Waals surface area contributed by atoms with Gasteiger partial charge in [0.1, 0.15) is 6.04 Å². The van der Waals surface area contributed by atoms with Crippen LogP contribution >= 0.6 is 0 Å². The van der Waals surface area contributed by atoms with Crippen LogP contribution in [-0.2, 0) is 4.79 Å². The van der Waals surface area contributed by atoms with Crippen molar-refractivity contribution >= 4 is 11.9 Å². The zero-order chi connectivity index (χ0) is 17.3. The lowest BCUT2D eigenvalue weighted by Gasteiger charge is -2.24. The number of rotatable bonds is 5. The molecule has 2 fully saturated rings. The molecule has 0 bridgehead atoms. The Hall–Kier alpha value is -2.24. The van der Waals surface area contributed by atoms with Gasteiger partial charge in [0.05, 0.1) is 13.7 Å². The first-order valence-corrected chi connectivity index (χ1v) is 8.41. The van der Waals surface area contributed by atoms with Crippen molar-refractivity contribution < 1.29 is 24.2 Å². The van der Waals surface area contributed by atoms with Crippen LogP contribution in [0.4, 0.5) is 0 Å². The molecule has 1 saturated heterocycles. The van der Waals surface area contributed by atoms with Crippen molar-refractivity contribution in [3.8, 4) is 11.5 Å². The van der Waals surface area contributed by atoms with E-state index in [9.17, 15) is 14.7 Å². The van der Waals surface area contributed by atoms with Crippen LogP contribution in [0.2, 0.25) is 0 Å². The molecule has 1 aromatic carbocycles. The number of ether oxygens (including phenoxy) is 2. The predicted molar refractivity (Wildman–Crippen MR) is 87.5 cm³/mol. The Balaban J connectivity index is 1.87. The molecule has 3 unspecified atom stereocenters. The highest BCUT2D eigenvalue weighted by atomic mass is 16.5. The minimum absolute atomic E-state index is 0.0797. The van der Waals surface area contributed by atoms with Crippen LogP contribution in [0.3, 0.4) is 0 Å². The number of carbonyl (C=O) groups is 2. The topological polar surface area (TPSA) is 76.1 Å². The summed E-state index contributed by atoms with van der Waals surface area (Å²) in [6, 6.07) is 4.27. The molecule has 1 amide bonds. The van der Waals surface area contributed by atoms with Crippen LogP contribution in [0.5, 0.6) is 11.5 Å². The van der Waals surface area contributed by atoms with Gasteiger partial charge < -0.3 is 19.5 Å². The van der Waals surface area contributed by atoms with E-state index in [0.29, 0.717) is 36.1 Å². The van der Waals surface area contributed by atoms with Gasteiger partial charge in [0.25, 0.3) is 5.91 Å². The number of carbonyl (C=O) groups excluding carboxylic acids is 1. The lowest BCUT2D eigenvalue weighted by molar-refractivity contribution is -0.142. The second-order valence-corrected chi connectivity index (χ2v) is 6.39. The summed E-state index contributed by atoms with van der Waals surface area (Å²) in [6.07, 6.45) is 2.95. The average molecular weight is 333 g/mol. The molecule has 0 radical (unpaired) electrons. The molecule has 0 aromatic heterocycles. The average Bonchev–Trinajstić information content (AvgIpc) is 3.15. The summed E-state index contributed by atoms with van der Waals surface area (Å²) in [4.78, 5) is 26.1. The highest BCUT2D eigenvalue weighted by molar-refractivity contribution is 5.97. The third kappa shape index (κ3) is 2.81. The number of nitrogens with zero attached hydrogens (tertiary/aromatic N) is 1. The maximum absolute atomic E-state index is 12.9. The number of methoxy groups -OCH3 is 1. The van der Waals surface area contributed by atoms with Crippen molar-refractivity contribution in [3.05, 3.63) is 23.8 Å². The van der Waals surface area contributed by atoms with Crippen LogP contribution in [0, 0.1) is 11.8 Å². The first-order chi connectivity index (χ1) is 11.6. The number of amides is 1. The van der Waals surface area contributed by atoms with Gasteiger partial charge in [0.15, 0.2) is 11.5 Å². The van der Waals surface area contributed by atoms with Crippen LogP contribution in [-0.4, -0.2) is 48.2 Å². The maximum Gasteiger partial charge on any atom is 0.326 e. The quantitative estimate of drug-likeness (QED) is 0.895. The summed E-state index contributed by atoms with van der Waals surface area (Å²) >= 11 is 0. The van der Waals surface area contributed by atoms with E-state index in [4.69, 9.17) is 9.47 Å². The van der Waals surface area contributed by atoms with Crippen LogP contribution in [0.1, 0.15) is 36.5 Å². The molecule has 3 rings (SSSR count). The van der Waals surface area contributed by atoms with Crippen molar-refractivity contribution in [2.45, 2.75) is 32.2 Å². The molecule has 2 aliphatic rings. The number of hydrogen-bond donors (Lipinski definition) is 1. The molecule has 1 aliphatic heterocycles. The molecule has 6 nitrogen and oxygen atoms in total. The monoisotopic (exact) mass is 333 g/mol. The van der Waals surface area contributed by atoms with E-state index in [0.717, 1.165) is 19.3 Å².